The summed E-state index contributed by atoms with van der Waals surface area (Å²) in [6.45, 7) is 8.16. The lowest BCUT2D eigenvalue weighted by atomic mass is 10.0. The molecule has 0 aliphatic carbocycles. The Bertz CT molecular complexity index is 971. The Morgan fingerprint density at radius 1 is 0.471 bits per heavy atom. The standard InChI is InChI=1S/C41H75N3O7/c1-33(36(4)46)25-21-24-32-43-40(49)34(2)26-22-23-31-42-38(47)30-29-37(41(50)51)44-39(48)28-20-18-16-14-12-10-8-6-5-7-9-11-13-15-17-19-27-35(3)45/h33-34,37H,5-32H2,1-4H3,(H,42,47)(H,43,49)(H,44,48)(H,50,51)/t33-,34-,37-/m0/s1. The minimum Gasteiger partial charge on any atom is -0.480 e. The number of carbonyl (C=O) groups excluding carboxylic acids is 5. The molecule has 4 N–H and O–H groups in total. The Balaban J connectivity index is 3.77. The first-order valence-electron chi connectivity index (χ1n) is 20.5. The Hall–Kier alpha value is -2.78. The SMILES string of the molecule is CC(=O)CCCCCCCCCCCCCCCCCCC(=O)N[C@@H](CCC(=O)NCCCC[C@H](C)C(=O)NCCCC[C@H](C)C(C)=O)C(=O)O. The molecule has 296 valence electrons. The molecule has 0 aromatic heterocycles. The molecule has 3 atom stereocenters. The Labute approximate surface area is 310 Å². The summed E-state index contributed by atoms with van der Waals surface area (Å²) in [5.41, 5.74) is 0. The van der Waals surface area contributed by atoms with Gasteiger partial charge in [0.2, 0.25) is 17.7 Å². The van der Waals surface area contributed by atoms with Crippen molar-refractivity contribution in [3.05, 3.63) is 0 Å². The van der Waals surface area contributed by atoms with Crippen LogP contribution in [0.15, 0.2) is 0 Å². The van der Waals surface area contributed by atoms with Crippen molar-refractivity contribution >= 4 is 35.3 Å². The van der Waals surface area contributed by atoms with Crippen LogP contribution in [-0.2, 0) is 28.8 Å². The Morgan fingerprint density at radius 2 is 0.902 bits per heavy atom. The van der Waals surface area contributed by atoms with E-state index < -0.39 is 12.0 Å². The molecule has 3 amide bonds. The molecular weight excluding hydrogens is 646 g/mol. The topological polar surface area (TPSA) is 159 Å². The fraction of sp³-hybridized carbons (Fsp3) is 0.854. The minimum absolute atomic E-state index is 0.0187. The van der Waals surface area contributed by atoms with Gasteiger partial charge in [-0.05, 0) is 58.8 Å². The molecule has 0 saturated heterocycles. The van der Waals surface area contributed by atoms with Crippen LogP contribution in [0.5, 0.6) is 0 Å². The fourth-order valence-electron chi connectivity index (χ4n) is 6.12. The number of amides is 3. The van der Waals surface area contributed by atoms with Crippen molar-refractivity contribution < 1.29 is 33.9 Å². The van der Waals surface area contributed by atoms with Gasteiger partial charge >= 0.3 is 5.97 Å². The summed E-state index contributed by atoms with van der Waals surface area (Å²) in [5, 5.41) is 17.9. The smallest absolute Gasteiger partial charge is 0.326 e. The van der Waals surface area contributed by atoms with E-state index in [4.69, 9.17) is 0 Å². The van der Waals surface area contributed by atoms with Gasteiger partial charge in [-0.3, -0.25) is 19.2 Å². The number of carboxylic acid groups (broad SMARTS) is 1. The highest BCUT2D eigenvalue weighted by Crippen LogP contribution is 2.15. The number of unbranched alkanes of at least 4 members (excludes halogenated alkanes) is 17. The number of hydrogen-bond donors (Lipinski definition) is 4. The summed E-state index contributed by atoms with van der Waals surface area (Å²) < 4.78 is 0. The molecular formula is C41H75N3O7. The third-order valence-corrected chi connectivity index (χ3v) is 9.87. The molecule has 0 heterocycles. The van der Waals surface area contributed by atoms with Crippen LogP contribution in [0.3, 0.4) is 0 Å². The van der Waals surface area contributed by atoms with E-state index >= 15 is 0 Å². The van der Waals surface area contributed by atoms with Crippen molar-refractivity contribution in [1.82, 2.24) is 16.0 Å². The molecule has 0 bridgehead atoms. The molecule has 0 rings (SSSR count). The number of rotatable bonds is 36. The normalized spacial score (nSPS) is 12.9. The lowest BCUT2D eigenvalue weighted by Crippen LogP contribution is -2.41. The zero-order valence-corrected chi connectivity index (χ0v) is 32.9. The number of Topliss-reactive ketones (excluding diaryl/α,β-unsaturated/α-hetero) is 2. The van der Waals surface area contributed by atoms with Gasteiger partial charge in [0.15, 0.2) is 0 Å². The average Bonchev–Trinajstić information content (AvgIpc) is 3.08. The van der Waals surface area contributed by atoms with E-state index in [0.717, 1.165) is 70.6 Å². The fourth-order valence-corrected chi connectivity index (χ4v) is 6.12. The van der Waals surface area contributed by atoms with Gasteiger partial charge in [0, 0.05) is 44.2 Å². The quantitative estimate of drug-likeness (QED) is 0.0473. The third kappa shape index (κ3) is 31.7. The summed E-state index contributed by atoms with van der Waals surface area (Å²) in [7, 11) is 0. The maximum atomic E-state index is 12.3. The summed E-state index contributed by atoms with van der Waals surface area (Å²) >= 11 is 0. The van der Waals surface area contributed by atoms with Crippen LogP contribution in [0.4, 0.5) is 0 Å². The zero-order valence-electron chi connectivity index (χ0n) is 32.9. The van der Waals surface area contributed by atoms with E-state index in [1.165, 1.54) is 70.6 Å². The maximum Gasteiger partial charge on any atom is 0.326 e. The summed E-state index contributed by atoms with van der Waals surface area (Å²) in [6, 6.07) is -1.08. The summed E-state index contributed by atoms with van der Waals surface area (Å²) in [5.74, 6) is -1.19. The summed E-state index contributed by atoms with van der Waals surface area (Å²) in [4.78, 5) is 70.8. The summed E-state index contributed by atoms with van der Waals surface area (Å²) in [6.07, 6.45) is 24.9. The van der Waals surface area contributed by atoms with Gasteiger partial charge in [-0.25, -0.2) is 4.79 Å². The van der Waals surface area contributed by atoms with E-state index in [9.17, 15) is 33.9 Å². The second-order valence-electron chi connectivity index (χ2n) is 14.9. The molecule has 0 aromatic carbocycles. The molecule has 0 aromatic rings. The lowest BCUT2D eigenvalue weighted by molar-refractivity contribution is -0.142. The third-order valence-electron chi connectivity index (χ3n) is 9.87. The van der Waals surface area contributed by atoms with E-state index in [1.807, 2.05) is 13.8 Å². The zero-order chi connectivity index (χ0) is 38.1. The average molecular weight is 722 g/mol. The predicted molar refractivity (Wildman–Crippen MR) is 205 cm³/mol. The van der Waals surface area contributed by atoms with E-state index in [2.05, 4.69) is 16.0 Å². The van der Waals surface area contributed by atoms with Crippen molar-refractivity contribution in [1.29, 1.82) is 0 Å². The number of carboxylic acids is 1. The van der Waals surface area contributed by atoms with Crippen LogP contribution >= 0.6 is 0 Å². The van der Waals surface area contributed by atoms with Crippen molar-refractivity contribution in [2.24, 2.45) is 11.8 Å². The van der Waals surface area contributed by atoms with E-state index in [0.29, 0.717) is 31.7 Å². The monoisotopic (exact) mass is 722 g/mol. The van der Waals surface area contributed by atoms with Gasteiger partial charge in [0.05, 0.1) is 0 Å². The number of ketones is 2. The van der Waals surface area contributed by atoms with Gasteiger partial charge in [-0.1, -0.05) is 117 Å². The molecule has 10 heteroatoms. The van der Waals surface area contributed by atoms with Crippen LogP contribution in [-0.4, -0.2) is 59.5 Å². The highest BCUT2D eigenvalue weighted by molar-refractivity contribution is 5.84. The molecule has 0 aliphatic heterocycles. The molecule has 0 spiro atoms. The molecule has 0 saturated carbocycles. The first-order valence-corrected chi connectivity index (χ1v) is 20.5. The highest BCUT2D eigenvalue weighted by atomic mass is 16.4. The van der Waals surface area contributed by atoms with E-state index in [-0.39, 0.29) is 48.2 Å². The highest BCUT2D eigenvalue weighted by Gasteiger charge is 2.21. The van der Waals surface area contributed by atoms with Crippen molar-refractivity contribution in [2.45, 2.75) is 201 Å². The molecule has 0 fully saturated rings. The van der Waals surface area contributed by atoms with Gasteiger partial charge < -0.3 is 25.9 Å². The first kappa shape index (κ1) is 48.2. The number of hydrogen-bond acceptors (Lipinski definition) is 6. The van der Waals surface area contributed by atoms with Gasteiger partial charge in [-0.2, -0.15) is 0 Å². The van der Waals surface area contributed by atoms with Crippen molar-refractivity contribution in [2.75, 3.05) is 13.1 Å². The lowest BCUT2D eigenvalue weighted by Gasteiger charge is -2.15. The second kappa shape index (κ2) is 33.1. The van der Waals surface area contributed by atoms with Crippen molar-refractivity contribution in [3.8, 4) is 0 Å². The maximum absolute atomic E-state index is 12.3. The minimum atomic E-state index is -1.13. The van der Waals surface area contributed by atoms with E-state index in [1.54, 1.807) is 13.8 Å². The number of nitrogens with one attached hydrogen (secondary N) is 3. The van der Waals surface area contributed by atoms with Crippen LogP contribution in [0.2, 0.25) is 0 Å². The Kier molecular flexibility index (Phi) is 31.3. The molecule has 0 radical (unpaired) electrons. The van der Waals surface area contributed by atoms with Crippen LogP contribution < -0.4 is 16.0 Å². The number of carbonyl (C=O) groups is 6. The van der Waals surface area contributed by atoms with Crippen LogP contribution in [0, 0.1) is 11.8 Å². The molecule has 0 unspecified atom stereocenters. The largest absolute Gasteiger partial charge is 0.480 e. The molecule has 10 nitrogen and oxygen atoms in total. The Morgan fingerprint density at radius 3 is 1.35 bits per heavy atom. The predicted octanol–water partition coefficient (Wildman–Crippen LogP) is 8.38. The van der Waals surface area contributed by atoms with Crippen LogP contribution in [0.1, 0.15) is 195 Å². The van der Waals surface area contributed by atoms with Gasteiger partial charge in [0.25, 0.3) is 0 Å². The van der Waals surface area contributed by atoms with Gasteiger partial charge in [-0.15, -0.1) is 0 Å². The van der Waals surface area contributed by atoms with Crippen LogP contribution in [0.25, 0.3) is 0 Å². The molecule has 51 heavy (non-hydrogen) atoms. The number of aliphatic carboxylic acids is 1. The van der Waals surface area contributed by atoms with Gasteiger partial charge in [0.1, 0.15) is 17.6 Å². The second-order valence-corrected chi connectivity index (χ2v) is 14.9. The van der Waals surface area contributed by atoms with Crippen molar-refractivity contribution in [3.63, 3.8) is 0 Å². The first-order chi connectivity index (χ1) is 24.4. The molecule has 0 aliphatic rings.